The third-order valence-electron chi connectivity index (χ3n) is 2.73. The third kappa shape index (κ3) is 2.02. The number of rotatable bonds is 1. The maximum atomic E-state index is 9.73. The zero-order valence-electron chi connectivity index (χ0n) is 7.96. The summed E-state index contributed by atoms with van der Waals surface area (Å²) in [7, 11) is 0. The van der Waals surface area contributed by atoms with Gasteiger partial charge < -0.3 is 10.4 Å². The van der Waals surface area contributed by atoms with E-state index in [0.29, 0.717) is 16.7 Å². The van der Waals surface area contributed by atoms with Crippen LogP contribution in [0.25, 0.3) is 0 Å². The first-order chi connectivity index (χ1) is 6.77. The zero-order chi connectivity index (χ0) is 9.97. The van der Waals surface area contributed by atoms with E-state index in [9.17, 15) is 5.11 Å². The summed E-state index contributed by atoms with van der Waals surface area (Å²) in [6.45, 7) is 2.04. The molecule has 1 heterocycles. The number of hydrogen-bond acceptors (Lipinski definition) is 2. The van der Waals surface area contributed by atoms with Crippen LogP contribution in [-0.4, -0.2) is 18.2 Å². The summed E-state index contributed by atoms with van der Waals surface area (Å²) in [6.07, 6.45) is 2.31. The van der Waals surface area contributed by atoms with Gasteiger partial charge in [-0.2, -0.15) is 0 Å². The van der Waals surface area contributed by atoms with Crippen molar-refractivity contribution in [3.05, 3.63) is 28.8 Å². The summed E-state index contributed by atoms with van der Waals surface area (Å²) in [6, 6.07) is 5.38. The van der Waals surface area contributed by atoms with Gasteiger partial charge in [-0.3, -0.25) is 0 Å². The highest BCUT2D eigenvalue weighted by molar-refractivity contribution is 6.30. The monoisotopic (exact) mass is 211 g/mol. The Morgan fingerprint density at radius 1 is 1.43 bits per heavy atom. The summed E-state index contributed by atoms with van der Waals surface area (Å²) in [4.78, 5) is 0. The molecule has 1 fully saturated rings. The van der Waals surface area contributed by atoms with Gasteiger partial charge in [0.05, 0.1) is 0 Å². The Kier molecular flexibility index (Phi) is 2.94. The molecule has 14 heavy (non-hydrogen) atoms. The molecule has 0 amide bonds. The molecule has 1 atom stereocenters. The molecule has 0 saturated carbocycles. The fourth-order valence-electron chi connectivity index (χ4n) is 1.98. The first-order valence-corrected chi connectivity index (χ1v) is 5.34. The minimum Gasteiger partial charge on any atom is -0.508 e. The minimum absolute atomic E-state index is 0.325. The van der Waals surface area contributed by atoms with Crippen LogP contribution in [0.3, 0.4) is 0 Å². The first kappa shape index (κ1) is 9.81. The SMILES string of the molecule is Oc1cc(Cl)ccc1C1CCCNC1. The molecule has 1 aliphatic heterocycles. The topological polar surface area (TPSA) is 32.3 Å². The lowest BCUT2D eigenvalue weighted by Crippen LogP contribution is -2.28. The molecule has 0 aliphatic carbocycles. The van der Waals surface area contributed by atoms with Crippen molar-refractivity contribution in [2.24, 2.45) is 0 Å². The van der Waals surface area contributed by atoms with Gasteiger partial charge in [0.1, 0.15) is 5.75 Å². The number of phenols is 1. The average molecular weight is 212 g/mol. The molecule has 1 aromatic rings. The van der Waals surface area contributed by atoms with E-state index in [2.05, 4.69) is 5.32 Å². The van der Waals surface area contributed by atoms with Crippen LogP contribution < -0.4 is 5.32 Å². The molecule has 0 radical (unpaired) electrons. The van der Waals surface area contributed by atoms with Gasteiger partial charge >= 0.3 is 0 Å². The van der Waals surface area contributed by atoms with Crippen molar-refractivity contribution in [3.63, 3.8) is 0 Å². The van der Waals surface area contributed by atoms with E-state index in [1.807, 2.05) is 12.1 Å². The minimum atomic E-state index is 0.325. The lowest BCUT2D eigenvalue weighted by molar-refractivity contribution is 0.425. The van der Waals surface area contributed by atoms with Crippen LogP contribution in [0.4, 0.5) is 0 Å². The van der Waals surface area contributed by atoms with Crippen LogP contribution in [0.15, 0.2) is 18.2 Å². The predicted molar refractivity (Wildman–Crippen MR) is 58.0 cm³/mol. The Morgan fingerprint density at radius 2 is 2.29 bits per heavy atom. The van der Waals surface area contributed by atoms with E-state index < -0.39 is 0 Å². The standard InChI is InChI=1S/C11H14ClNO/c12-9-3-4-10(11(14)6-9)8-2-1-5-13-7-8/h3-4,6,8,13-14H,1-2,5,7H2. The highest BCUT2D eigenvalue weighted by Crippen LogP contribution is 2.32. The van der Waals surface area contributed by atoms with Gasteiger partial charge in [-0.25, -0.2) is 0 Å². The van der Waals surface area contributed by atoms with Crippen LogP contribution in [0.5, 0.6) is 5.75 Å². The number of hydrogen-bond donors (Lipinski definition) is 2. The van der Waals surface area contributed by atoms with Crippen molar-refractivity contribution >= 4 is 11.6 Å². The second-order valence-electron chi connectivity index (χ2n) is 3.75. The van der Waals surface area contributed by atoms with Crippen LogP contribution >= 0.6 is 11.6 Å². The Hall–Kier alpha value is -0.730. The maximum Gasteiger partial charge on any atom is 0.120 e. The lowest BCUT2D eigenvalue weighted by atomic mass is 9.91. The number of aromatic hydroxyl groups is 1. The lowest BCUT2D eigenvalue weighted by Gasteiger charge is -2.23. The van der Waals surface area contributed by atoms with Crippen LogP contribution in [-0.2, 0) is 0 Å². The number of phenolic OH excluding ortho intramolecular Hbond substituents is 1. The van der Waals surface area contributed by atoms with Crippen molar-refractivity contribution in [1.29, 1.82) is 0 Å². The maximum absolute atomic E-state index is 9.73. The Bertz CT molecular complexity index is 321. The van der Waals surface area contributed by atoms with Gasteiger partial charge in [-0.15, -0.1) is 0 Å². The van der Waals surface area contributed by atoms with Crippen molar-refractivity contribution < 1.29 is 5.11 Å². The number of nitrogens with one attached hydrogen (secondary N) is 1. The normalized spacial score (nSPS) is 22.2. The van der Waals surface area contributed by atoms with E-state index in [-0.39, 0.29) is 0 Å². The molecule has 0 spiro atoms. The molecular weight excluding hydrogens is 198 g/mol. The molecule has 2 nitrogen and oxygen atoms in total. The molecule has 3 heteroatoms. The van der Waals surface area contributed by atoms with Gasteiger partial charge in [0, 0.05) is 17.5 Å². The summed E-state index contributed by atoms with van der Waals surface area (Å²) in [5.41, 5.74) is 1.02. The average Bonchev–Trinajstić information content (AvgIpc) is 2.19. The van der Waals surface area contributed by atoms with E-state index in [0.717, 1.165) is 25.1 Å². The third-order valence-corrected chi connectivity index (χ3v) is 2.96. The number of piperidine rings is 1. The molecule has 0 bridgehead atoms. The summed E-state index contributed by atoms with van der Waals surface area (Å²) < 4.78 is 0. The van der Waals surface area contributed by atoms with Crippen molar-refractivity contribution in [2.45, 2.75) is 18.8 Å². The molecule has 1 aromatic carbocycles. The number of halogens is 1. The van der Waals surface area contributed by atoms with Gasteiger partial charge in [-0.1, -0.05) is 17.7 Å². The first-order valence-electron chi connectivity index (χ1n) is 4.96. The summed E-state index contributed by atoms with van der Waals surface area (Å²) in [5.74, 6) is 0.757. The predicted octanol–water partition coefficient (Wildman–Crippen LogP) is 2.51. The highest BCUT2D eigenvalue weighted by atomic mass is 35.5. The fourth-order valence-corrected chi connectivity index (χ4v) is 2.15. The smallest absolute Gasteiger partial charge is 0.120 e. The largest absolute Gasteiger partial charge is 0.508 e. The van der Waals surface area contributed by atoms with E-state index >= 15 is 0 Å². The Balaban J connectivity index is 2.22. The molecule has 1 unspecified atom stereocenters. The Labute approximate surface area is 88.9 Å². The molecule has 1 saturated heterocycles. The number of benzene rings is 1. The molecular formula is C11H14ClNO. The highest BCUT2D eigenvalue weighted by Gasteiger charge is 2.17. The van der Waals surface area contributed by atoms with Gasteiger partial charge in [-0.05, 0) is 37.1 Å². The summed E-state index contributed by atoms with van der Waals surface area (Å²) >= 11 is 5.78. The van der Waals surface area contributed by atoms with Crippen LogP contribution in [0.2, 0.25) is 5.02 Å². The van der Waals surface area contributed by atoms with Gasteiger partial charge in [0.25, 0.3) is 0 Å². The van der Waals surface area contributed by atoms with Crippen molar-refractivity contribution in [2.75, 3.05) is 13.1 Å². The van der Waals surface area contributed by atoms with E-state index in [4.69, 9.17) is 11.6 Å². The van der Waals surface area contributed by atoms with Crippen molar-refractivity contribution in [1.82, 2.24) is 5.32 Å². The molecule has 76 valence electrons. The quantitative estimate of drug-likeness (QED) is 0.748. The van der Waals surface area contributed by atoms with Crippen LogP contribution in [0, 0.1) is 0 Å². The second kappa shape index (κ2) is 4.20. The zero-order valence-corrected chi connectivity index (χ0v) is 8.72. The summed E-state index contributed by atoms with van der Waals surface area (Å²) in [5, 5.41) is 13.7. The molecule has 1 aliphatic rings. The van der Waals surface area contributed by atoms with Crippen molar-refractivity contribution in [3.8, 4) is 5.75 Å². The Morgan fingerprint density at radius 3 is 2.93 bits per heavy atom. The van der Waals surface area contributed by atoms with Gasteiger partial charge in [0.2, 0.25) is 0 Å². The van der Waals surface area contributed by atoms with E-state index in [1.54, 1.807) is 6.07 Å². The molecule has 2 rings (SSSR count). The van der Waals surface area contributed by atoms with E-state index in [1.165, 1.54) is 6.42 Å². The van der Waals surface area contributed by atoms with Gasteiger partial charge in [0.15, 0.2) is 0 Å². The van der Waals surface area contributed by atoms with Crippen LogP contribution in [0.1, 0.15) is 24.3 Å². The second-order valence-corrected chi connectivity index (χ2v) is 4.18. The fraction of sp³-hybridized carbons (Fsp3) is 0.455. The molecule has 0 aromatic heterocycles. The molecule has 2 N–H and O–H groups in total.